The predicted molar refractivity (Wildman–Crippen MR) is 177 cm³/mol. The second-order valence-electron chi connectivity index (χ2n) is 13.3. The minimum Gasteiger partial charge on any atom is -0.491 e. The molecular weight excluding hydrogens is 705 g/mol. The number of carbonyl (C=O) groups is 1. The van der Waals surface area contributed by atoms with E-state index in [2.05, 4.69) is 9.97 Å². The van der Waals surface area contributed by atoms with Gasteiger partial charge in [0.1, 0.15) is 41.0 Å². The summed E-state index contributed by atoms with van der Waals surface area (Å²) in [6.07, 6.45) is -2.40. The SMILES string of the molecule is CN1c2nc(OC[C@@]34CCCN3C[C@H](F)C4)nc3c(F)c(-c4ccc(F)c5sc(N)c(C#N)c45)c(Cl)c(c23)OCC2CN(C(=O)C(F)F)CC21. The molecule has 262 valence electrons. The molecule has 0 aliphatic carbocycles. The molecule has 0 bridgehead atoms. The van der Waals surface area contributed by atoms with E-state index in [1.165, 1.54) is 6.07 Å². The molecule has 50 heavy (non-hydrogen) atoms. The van der Waals surface area contributed by atoms with Crippen LogP contribution in [0.3, 0.4) is 0 Å². The lowest BCUT2D eigenvalue weighted by atomic mass is 9.95. The summed E-state index contributed by atoms with van der Waals surface area (Å²) in [6, 6.07) is 3.61. The molecule has 0 radical (unpaired) electrons. The van der Waals surface area contributed by atoms with Crippen LogP contribution >= 0.6 is 22.9 Å². The van der Waals surface area contributed by atoms with Gasteiger partial charge < -0.3 is 25.0 Å². The van der Waals surface area contributed by atoms with Crippen LogP contribution < -0.4 is 20.1 Å². The number of anilines is 2. The van der Waals surface area contributed by atoms with E-state index in [4.69, 9.17) is 26.8 Å². The number of likely N-dealkylation sites (tertiary alicyclic amines) is 1. The van der Waals surface area contributed by atoms with Crippen LogP contribution in [0.1, 0.15) is 24.8 Å². The maximum absolute atomic E-state index is 17.2. The molecule has 3 fully saturated rings. The van der Waals surface area contributed by atoms with Crippen LogP contribution in [-0.4, -0.2) is 96.3 Å². The lowest BCUT2D eigenvalue weighted by molar-refractivity contribution is -0.141. The number of carbonyl (C=O) groups excluding carboxylic acids is 1. The van der Waals surface area contributed by atoms with E-state index in [1.54, 1.807) is 11.9 Å². The fourth-order valence-corrected chi connectivity index (χ4v) is 9.49. The molecule has 3 saturated heterocycles. The zero-order valence-corrected chi connectivity index (χ0v) is 28.1. The molecule has 2 aromatic heterocycles. The summed E-state index contributed by atoms with van der Waals surface area (Å²) in [5.74, 6) is -3.32. The highest BCUT2D eigenvalue weighted by atomic mass is 35.5. The Bertz CT molecular complexity index is 2130. The van der Waals surface area contributed by atoms with Gasteiger partial charge in [0.15, 0.2) is 11.6 Å². The third-order valence-corrected chi connectivity index (χ3v) is 11.9. The second-order valence-corrected chi connectivity index (χ2v) is 14.7. The second kappa shape index (κ2) is 12.0. The zero-order chi connectivity index (χ0) is 35.2. The highest BCUT2D eigenvalue weighted by Gasteiger charge is 2.50. The van der Waals surface area contributed by atoms with Crippen molar-refractivity contribution in [3.63, 3.8) is 0 Å². The third-order valence-electron chi connectivity index (χ3n) is 10.6. The number of halogens is 6. The summed E-state index contributed by atoms with van der Waals surface area (Å²) in [4.78, 5) is 26.3. The number of aromatic nitrogens is 2. The Morgan fingerprint density at radius 1 is 1.26 bits per heavy atom. The van der Waals surface area contributed by atoms with Gasteiger partial charge in [-0.25, -0.2) is 13.2 Å². The van der Waals surface area contributed by atoms with Crippen molar-refractivity contribution in [3.8, 4) is 29.0 Å². The van der Waals surface area contributed by atoms with Gasteiger partial charge in [0.25, 0.3) is 5.91 Å². The Labute approximate surface area is 291 Å². The number of likely N-dealkylation sites (N-methyl/N-ethyl adjacent to an activating group) is 1. The van der Waals surface area contributed by atoms with Gasteiger partial charge in [0.2, 0.25) is 0 Å². The van der Waals surface area contributed by atoms with E-state index in [9.17, 15) is 23.2 Å². The van der Waals surface area contributed by atoms with E-state index in [-0.39, 0.29) is 105 Å². The van der Waals surface area contributed by atoms with E-state index in [0.717, 1.165) is 28.7 Å². The largest absolute Gasteiger partial charge is 0.491 e. The number of nitrogen functional groups attached to an aromatic ring is 1. The van der Waals surface area contributed by atoms with Crippen molar-refractivity contribution in [1.29, 1.82) is 5.26 Å². The van der Waals surface area contributed by atoms with Crippen LogP contribution in [0.25, 0.3) is 32.1 Å². The number of rotatable bonds is 5. The summed E-state index contributed by atoms with van der Waals surface area (Å²) < 4.78 is 86.2. The van der Waals surface area contributed by atoms with Crippen LogP contribution in [0.5, 0.6) is 11.8 Å². The molecule has 2 unspecified atom stereocenters. The normalized spacial score (nSPS) is 24.7. The molecule has 4 aliphatic heterocycles. The van der Waals surface area contributed by atoms with Gasteiger partial charge in [-0.05, 0) is 31.0 Å². The number of nitriles is 1. The number of benzene rings is 2. The molecule has 8 rings (SSSR count). The van der Waals surface area contributed by atoms with Gasteiger partial charge in [0, 0.05) is 50.0 Å². The summed E-state index contributed by atoms with van der Waals surface area (Å²) in [5, 5.41) is 9.88. The molecule has 0 saturated carbocycles. The van der Waals surface area contributed by atoms with Gasteiger partial charge in [0.05, 0.1) is 38.9 Å². The number of nitrogens with zero attached hydrogens (tertiary/aromatic N) is 6. The first-order valence-corrected chi connectivity index (χ1v) is 17.2. The van der Waals surface area contributed by atoms with Crippen molar-refractivity contribution in [2.24, 2.45) is 5.92 Å². The smallest absolute Gasteiger partial charge is 0.319 e. The average molecular weight is 734 g/mol. The minimum atomic E-state index is -3.20. The van der Waals surface area contributed by atoms with Gasteiger partial charge >= 0.3 is 12.4 Å². The monoisotopic (exact) mass is 733 g/mol. The van der Waals surface area contributed by atoms with E-state index in [0.29, 0.717) is 13.0 Å². The quantitative estimate of drug-likeness (QED) is 0.255. The van der Waals surface area contributed by atoms with Gasteiger partial charge in [-0.15, -0.1) is 11.3 Å². The molecule has 1 amide bonds. The molecule has 4 aliphatic rings. The average Bonchev–Trinajstić information content (AvgIpc) is 3.84. The molecule has 10 nitrogen and oxygen atoms in total. The van der Waals surface area contributed by atoms with Crippen LogP contribution in [0.15, 0.2) is 12.1 Å². The molecule has 4 aromatic rings. The van der Waals surface area contributed by atoms with Gasteiger partial charge in [-0.3, -0.25) is 9.69 Å². The summed E-state index contributed by atoms with van der Waals surface area (Å²) in [6.45, 7) is 0.837. The topological polar surface area (TPSA) is 121 Å². The number of nitrogens with two attached hydrogens (primary N) is 1. The Hall–Kier alpha value is -4.20. The highest BCUT2D eigenvalue weighted by molar-refractivity contribution is 7.23. The van der Waals surface area contributed by atoms with Crippen LogP contribution in [0.2, 0.25) is 5.02 Å². The molecule has 17 heteroatoms. The molecule has 6 heterocycles. The van der Waals surface area contributed by atoms with E-state index >= 15 is 8.78 Å². The summed E-state index contributed by atoms with van der Waals surface area (Å²) in [5.41, 5.74) is 5.01. The first-order chi connectivity index (χ1) is 23.9. The van der Waals surface area contributed by atoms with Gasteiger partial charge in [-0.2, -0.15) is 24.0 Å². The first-order valence-electron chi connectivity index (χ1n) is 16.0. The van der Waals surface area contributed by atoms with Crippen LogP contribution in [0, 0.1) is 28.9 Å². The van der Waals surface area contributed by atoms with Crippen molar-refractivity contribution in [2.45, 2.75) is 43.4 Å². The first kappa shape index (κ1) is 33.0. The molecule has 4 atom stereocenters. The summed E-state index contributed by atoms with van der Waals surface area (Å²) in [7, 11) is 1.65. The fraction of sp³-hybridized carbons (Fsp3) is 0.455. The Morgan fingerprint density at radius 2 is 2.06 bits per heavy atom. The number of hydrogen-bond donors (Lipinski definition) is 1. The van der Waals surface area contributed by atoms with Crippen molar-refractivity contribution in [3.05, 3.63) is 34.4 Å². The van der Waals surface area contributed by atoms with Crippen molar-refractivity contribution in [1.82, 2.24) is 19.8 Å². The number of amides is 1. The third kappa shape index (κ3) is 4.91. The fourth-order valence-electron chi connectivity index (χ4n) is 8.21. The van der Waals surface area contributed by atoms with Crippen molar-refractivity contribution < 1.29 is 36.2 Å². The number of thiophene rings is 1. The zero-order valence-electron chi connectivity index (χ0n) is 26.5. The Balaban J connectivity index is 1.33. The molecule has 2 aromatic carbocycles. The summed E-state index contributed by atoms with van der Waals surface area (Å²) >= 11 is 7.84. The number of fused-ring (bicyclic) bond motifs is 3. The van der Waals surface area contributed by atoms with Gasteiger partial charge in [-0.1, -0.05) is 17.7 Å². The van der Waals surface area contributed by atoms with Crippen LogP contribution in [0.4, 0.5) is 32.8 Å². The van der Waals surface area contributed by atoms with Crippen LogP contribution in [-0.2, 0) is 4.79 Å². The predicted octanol–water partition coefficient (Wildman–Crippen LogP) is 5.77. The molecule has 2 N–H and O–H groups in total. The minimum absolute atomic E-state index is 0.0284. The van der Waals surface area contributed by atoms with Crippen molar-refractivity contribution >= 4 is 60.7 Å². The maximum atomic E-state index is 17.2. The number of ether oxygens (including phenoxy) is 2. The lowest BCUT2D eigenvalue weighted by Gasteiger charge is -2.34. The Kier molecular flexibility index (Phi) is 7.88. The maximum Gasteiger partial charge on any atom is 0.319 e. The Morgan fingerprint density at radius 3 is 2.82 bits per heavy atom. The van der Waals surface area contributed by atoms with Crippen molar-refractivity contribution in [2.75, 3.05) is 57.1 Å². The van der Waals surface area contributed by atoms with E-state index in [1.807, 2.05) is 11.0 Å². The number of hydrogen-bond acceptors (Lipinski definition) is 10. The molecular formula is C33H29ClF5N7O3S. The molecule has 0 spiro atoms. The standard InChI is InChI=1S/C33H29ClF5N7O3S/c1-44-19-11-45(31(47)28(38)39)9-14(19)12-48-26-22-25(42-32(43-30(22)44)49-13-33-5-2-6-46(33)10-15(35)7-33)24(37)21(23(26)34)16-3-4-18(36)27-20(16)17(8-40)29(41)50-27/h3-4,14-15,19,28H,2,5-7,9-13,41H2,1H3/t14?,15-,19?,33+/m1/s1. The lowest BCUT2D eigenvalue weighted by Crippen LogP contribution is -2.44. The van der Waals surface area contributed by atoms with E-state index < -0.39 is 47.6 Å². The highest BCUT2D eigenvalue weighted by Crippen LogP contribution is 2.51. The number of alkyl halides is 3.